The predicted molar refractivity (Wildman–Crippen MR) is 123 cm³/mol. The van der Waals surface area contributed by atoms with Crippen molar-refractivity contribution in [2.24, 2.45) is 5.10 Å². The average Bonchev–Trinajstić information content (AvgIpc) is 3.43. The van der Waals surface area contributed by atoms with Gasteiger partial charge in [-0.2, -0.15) is 9.78 Å². The first kappa shape index (κ1) is 22.0. The third kappa shape index (κ3) is 4.83. The van der Waals surface area contributed by atoms with E-state index in [9.17, 15) is 4.79 Å². The Hall–Kier alpha value is -4.25. The highest BCUT2D eigenvalue weighted by Gasteiger charge is 2.25. The van der Waals surface area contributed by atoms with E-state index in [1.165, 1.54) is 4.68 Å². The molecule has 0 spiro atoms. The van der Waals surface area contributed by atoms with Gasteiger partial charge in [0.2, 0.25) is 11.6 Å². The van der Waals surface area contributed by atoms with Gasteiger partial charge in [-0.3, -0.25) is 4.79 Å². The molecule has 0 aliphatic heterocycles. The smallest absolute Gasteiger partial charge is 0.293 e. The van der Waals surface area contributed by atoms with E-state index in [1.54, 1.807) is 19.1 Å². The minimum Gasteiger partial charge on any atom is -0.378 e. The number of carbonyl (C=O) groups excluding carboxylic acids is 1. The monoisotopic (exact) mass is 465 g/mol. The second-order valence-corrected chi connectivity index (χ2v) is 7.54. The highest BCUT2D eigenvalue weighted by molar-refractivity contribution is 6.30. The fourth-order valence-electron chi connectivity index (χ4n) is 3.07. The van der Waals surface area contributed by atoms with E-state index in [2.05, 4.69) is 31.2 Å². The van der Waals surface area contributed by atoms with Crippen LogP contribution in [0.3, 0.4) is 0 Å². The van der Waals surface area contributed by atoms with E-state index in [-0.39, 0.29) is 23.9 Å². The third-order valence-electron chi connectivity index (χ3n) is 4.85. The molecule has 1 amide bonds. The van der Waals surface area contributed by atoms with Gasteiger partial charge in [0.05, 0.1) is 18.0 Å². The summed E-state index contributed by atoms with van der Waals surface area (Å²) in [6.45, 7) is 2.04. The molecule has 4 aromatic rings. The molecule has 0 saturated carbocycles. The summed E-state index contributed by atoms with van der Waals surface area (Å²) in [5.74, 6) is -0.382. The molecule has 12 heteroatoms. The number of nitrogen functional groups attached to an aromatic ring is 1. The standard InChI is InChI=1S/C21H20ClN9O2/c1-13(14-8-10-15(22)11-9-14)24-26-21(32)18-17(12-30(2)16-6-4-3-5-7-16)31(29-25-18)20-19(23)27-33-28-20/h3-11H,12H2,1-2H3,(H2,23,27)(H,26,32). The first-order valence-corrected chi connectivity index (χ1v) is 10.2. The zero-order valence-corrected chi connectivity index (χ0v) is 18.6. The molecule has 0 unspecified atom stereocenters. The summed E-state index contributed by atoms with van der Waals surface area (Å²) in [6, 6.07) is 16.8. The Balaban J connectivity index is 1.63. The summed E-state index contributed by atoms with van der Waals surface area (Å²) in [5, 5.41) is 20.3. The summed E-state index contributed by atoms with van der Waals surface area (Å²) in [6.07, 6.45) is 0. The number of nitrogens with one attached hydrogen (secondary N) is 1. The molecule has 11 nitrogen and oxygen atoms in total. The van der Waals surface area contributed by atoms with Crippen LogP contribution >= 0.6 is 11.6 Å². The molecule has 2 aromatic carbocycles. The summed E-state index contributed by atoms with van der Waals surface area (Å²) >= 11 is 5.93. The molecule has 0 fully saturated rings. The second-order valence-electron chi connectivity index (χ2n) is 7.11. The van der Waals surface area contributed by atoms with Crippen LogP contribution in [0.15, 0.2) is 64.3 Å². The van der Waals surface area contributed by atoms with E-state index in [0.29, 0.717) is 16.4 Å². The van der Waals surface area contributed by atoms with Gasteiger partial charge in [0.15, 0.2) is 5.69 Å². The van der Waals surface area contributed by atoms with E-state index >= 15 is 0 Å². The number of hydrogen-bond acceptors (Lipinski definition) is 9. The number of halogens is 1. The average molecular weight is 466 g/mol. The maximum Gasteiger partial charge on any atom is 0.293 e. The molecule has 0 atom stereocenters. The molecule has 0 aliphatic carbocycles. The highest BCUT2D eigenvalue weighted by Crippen LogP contribution is 2.20. The molecule has 0 radical (unpaired) electrons. The number of nitrogens with two attached hydrogens (primary N) is 1. The van der Waals surface area contributed by atoms with Crippen LogP contribution in [0.4, 0.5) is 11.5 Å². The molecule has 2 aromatic heterocycles. The van der Waals surface area contributed by atoms with Crippen LogP contribution in [0, 0.1) is 0 Å². The number of hydrazone groups is 1. The van der Waals surface area contributed by atoms with Gasteiger partial charge in [0.1, 0.15) is 0 Å². The van der Waals surface area contributed by atoms with Gasteiger partial charge in [-0.15, -0.1) is 5.10 Å². The first-order valence-electron chi connectivity index (χ1n) is 9.83. The Labute approximate surface area is 193 Å². The number of anilines is 2. The lowest BCUT2D eigenvalue weighted by molar-refractivity contribution is 0.0949. The van der Waals surface area contributed by atoms with Gasteiger partial charge in [-0.1, -0.05) is 47.1 Å². The molecule has 33 heavy (non-hydrogen) atoms. The van der Waals surface area contributed by atoms with E-state index in [0.717, 1.165) is 11.3 Å². The Kier molecular flexibility index (Phi) is 6.31. The van der Waals surface area contributed by atoms with Gasteiger partial charge in [-0.05, 0) is 47.1 Å². The number of carbonyl (C=O) groups is 1. The number of nitrogens with zero attached hydrogens (tertiary/aromatic N) is 7. The zero-order valence-electron chi connectivity index (χ0n) is 17.8. The molecule has 0 saturated heterocycles. The van der Waals surface area contributed by atoms with Gasteiger partial charge in [0, 0.05) is 17.8 Å². The van der Waals surface area contributed by atoms with Gasteiger partial charge in [-0.25, -0.2) is 10.1 Å². The third-order valence-corrected chi connectivity index (χ3v) is 5.10. The second kappa shape index (κ2) is 9.49. The number of aromatic nitrogens is 5. The maximum absolute atomic E-state index is 13.0. The fourth-order valence-corrected chi connectivity index (χ4v) is 3.20. The normalized spacial score (nSPS) is 11.4. The van der Waals surface area contributed by atoms with Gasteiger partial charge in [0.25, 0.3) is 5.91 Å². The van der Waals surface area contributed by atoms with E-state index < -0.39 is 5.91 Å². The lowest BCUT2D eigenvalue weighted by atomic mass is 10.1. The largest absolute Gasteiger partial charge is 0.378 e. The molecular weight excluding hydrogens is 446 g/mol. The van der Waals surface area contributed by atoms with Crippen molar-refractivity contribution in [2.75, 3.05) is 17.7 Å². The number of rotatable bonds is 7. The predicted octanol–water partition coefficient (Wildman–Crippen LogP) is 2.68. The minimum absolute atomic E-state index is 0.0204. The van der Waals surface area contributed by atoms with Crippen LogP contribution in [0.5, 0.6) is 0 Å². The van der Waals surface area contributed by atoms with E-state index in [1.807, 2.05) is 54.4 Å². The van der Waals surface area contributed by atoms with Crippen molar-refractivity contribution in [3.8, 4) is 5.82 Å². The summed E-state index contributed by atoms with van der Waals surface area (Å²) in [4.78, 5) is 14.9. The van der Waals surface area contributed by atoms with Crippen molar-refractivity contribution in [3.63, 3.8) is 0 Å². The molecule has 0 bridgehead atoms. The maximum atomic E-state index is 13.0. The fraction of sp³-hybridized carbons (Fsp3) is 0.143. The molecule has 0 aliphatic rings. The minimum atomic E-state index is -0.541. The van der Waals surface area contributed by atoms with Crippen LogP contribution < -0.4 is 16.1 Å². The SMILES string of the molecule is CC(=NNC(=O)c1nnn(-c2nonc2N)c1CN(C)c1ccccc1)c1ccc(Cl)cc1. The first-order chi connectivity index (χ1) is 15.9. The number of hydrogen-bond donors (Lipinski definition) is 2. The lowest BCUT2D eigenvalue weighted by Gasteiger charge is -2.19. The Bertz CT molecular complexity index is 1280. The Morgan fingerprint density at radius 1 is 1.18 bits per heavy atom. The quantitative estimate of drug-likeness (QED) is 0.313. The molecule has 2 heterocycles. The number of amides is 1. The summed E-state index contributed by atoms with van der Waals surface area (Å²) < 4.78 is 6.02. The summed E-state index contributed by atoms with van der Waals surface area (Å²) in [7, 11) is 1.88. The molecule has 4 rings (SSSR count). The molecular formula is C21H20ClN9O2. The number of para-hydroxylation sites is 1. The molecule has 3 N–H and O–H groups in total. The Morgan fingerprint density at radius 2 is 1.91 bits per heavy atom. The lowest BCUT2D eigenvalue weighted by Crippen LogP contribution is -2.25. The van der Waals surface area contributed by atoms with Crippen molar-refractivity contribution < 1.29 is 9.42 Å². The topological polar surface area (TPSA) is 140 Å². The van der Waals surface area contributed by atoms with Gasteiger partial charge >= 0.3 is 0 Å². The van der Waals surface area contributed by atoms with Crippen molar-refractivity contribution in [1.82, 2.24) is 30.7 Å². The van der Waals surface area contributed by atoms with Crippen LogP contribution in [-0.2, 0) is 6.54 Å². The Morgan fingerprint density at radius 3 is 2.58 bits per heavy atom. The number of benzene rings is 2. The van der Waals surface area contributed by atoms with Crippen molar-refractivity contribution in [3.05, 3.63) is 76.6 Å². The van der Waals surface area contributed by atoms with Crippen molar-refractivity contribution >= 4 is 34.7 Å². The van der Waals surface area contributed by atoms with Crippen LogP contribution in [0.2, 0.25) is 5.02 Å². The van der Waals surface area contributed by atoms with Crippen LogP contribution in [-0.4, -0.2) is 44.0 Å². The molecule has 168 valence electrons. The van der Waals surface area contributed by atoms with E-state index in [4.69, 9.17) is 22.0 Å². The van der Waals surface area contributed by atoms with Crippen LogP contribution in [0.25, 0.3) is 5.82 Å². The van der Waals surface area contributed by atoms with Gasteiger partial charge < -0.3 is 10.6 Å². The highest BCUT2D eigenvalue weighted by atomic mass is 35.5. The van der Waals surface area contributed by atoms with Crippen molar-refractivity contribution in [2.45, 2.75) is 13.5 Å². The summed E-state index contributed by atoms with van der Waals surface area (Å²) in [5.41, 5.74) is 11.2. The van der Waals surface area contributed by atoms with Crippen LogP contribution in [0.1, 0.15) is 28.7 Å². The van der Waals surface area contributed by atoms with Crippen molar-refractivity contribution in [1.29, 1.82) is 0 Å². The zero-order chi connectivity index (χ0) is 23.4.